The largest absolute Gasteiger partial charge is 0.391 e. The highest BCUT2D eigenvalue weighted by molar-refractivity contribution is 8.00. The van der Waals surface area contributed by atoms with E-state index in [4.69, 9.17) is 29.9 Å². The van der Waals surface area contributed by atoms with E-state index in [1.807, 2.05) is 194 Å². The van der Waals surface area contributed by atoms with Gasteiger partial charge in [-0.25, -0.2) is 49.8 Å². The number of hydrogen-bond donors (Lipinski definition) is 13. The van der Waals surface area contributed by atoms with Gasteiger partial charge in [0, 0.05) is 210 Å². The van der Waals surface area contributed by atoms with Gasteiger partial charge in [-0.05, 0) is 256 Å². The summed E-state index contributed by atoms with van der Waals surface area (Å²) in [4.78, 5) is 111. The van der Waals surface area contributed by atoms with Crippen LogP contribution in [0, 0.1) is 44.9 Å². The van der Waals surface area contributed by atoms with Crippen LogP contribution in [0.25, 0.3) is 0 Å². The third-order valence-corrected chi connectivity index (χ3v) is 28.1. The molecule has 0 bridgehead atoms. The average molecular weight is 1950 g/mol. The van der Waals surface area contributed by atoms with Crippen molar-refractivity contribution >= 4 is 185 Å². The van der Waals surface area contributed by atoms with Crippen LogP contribution in [0.5, 0.6) is 0 Å². The maximum Gasteiger partial charge on any atom is 0.227 e. The Balaban J connectivity index is 0.000000331. The van der Waals surface area contributed by atoms with Crippen molar-refractivity contribution in [3.8, 4) is 0 Å². The molecule has 13 N–H and O–H groups in total. The second kappa shape index (κ2) is 43.8. The van der Waals surface area contributed by atoms with Gasteiger partial charge in [-0.15, -0.1) is 22.7 Å². The van der Waals surface area contributed by atoms with E-state index in [1.165, 1.54) is 53.5 Å². The fourth-order valence-electron chi connectivity index (χ4n) is 14.8. The fourth-order valence-corrected chi connectivity index (χ4v) is 19.2. The van der Waals surface area contributed by atoms with E-state index in [2.05, 4.69) is 142 Å². The van der Waals surface area contributed by atoms with Crippen LogP contribution in [0.1, 0.15) is 148 Å². The molecule has 4 aliphatic heterocycles. The average Bonchev–Trinajstić information content (AvgIpc) is 1.62. The quantitative estimate of drug-likeness (QED) is 0.0194. The van der Waals surface area contributed by atoms with E-state index in [0.717, 1.165) is 168 Å². The number of anilines is 16. The number of carbonyl (C=O) groups excluding carboxylic acids is 4. The number of amides is 4. The molecule has 0 radical (unpaired) electrons. The predicted molar refractivity (Wildman–Crippen MR) is 556 cm³/mol. The minimum absolute atomic E-state index is 0. The zero-order valence-electron chi connectivity index (χ0n) is 77.1. The van der Waals surface area contributed by atoms with Crippen molar-refractivity contribution in [3.63, 3.8) is 0 Å². The molecule has 4 atom stereocenters. The van der Waals surface area contributed by atoms with E-state index in [9.17, 15) is 34.5 Å². The van der Waals surface area contributed by atoms with Crippen molar-refractivity contribution in [3.05, 3.63) is 167 Å². The smallest absolute Gasteiger partial charge is 0.227 e. The topological polar surface area (TPSA) is 428 Å². The maximum atomic E-state index is 12.0. The first kappa shape index (κ1) is 97.0. The van der Waals surface area contributed by atoms with Gasteiger partial charge < -0.3 is 82.4 Å². The molecule has 4 saturated heterocycles. The van der Waals surface area contributed by atoms with Gasteiger partial charge in [-0.3, -0.25) is 29.4 Å². The van der Waals surface area contributed by atoms with E-state index >= 15 is 0 Å². The number of likely N-dealkylation sites (N-methyl/N-ethyl adjacent to an activating group) is 1. The van der Waals surface area contributed by atoms with Gasteiger partial charge >= 0.3 is 0 Å². The molecule has 12 heterocycles. The Hall–Kier alpha value is -11.6. The molecule has 12 aromatic rings. The third kappa shape index (κ3) is 27.8. The molecule has 18 rings (SSSR count). The normalized spacial score (nSPS) is 18.1. The second-order valence-electron chi connectivity index (χ2n) is 35.6. The van der Waals surface area contributed by atoms with Crippen LogP contribution < -0.4 is 62.1 Å². The first-order valence-electron chi connectivity index (χ1n) is 44.9. The lowest BCUT2D eigenvalue weighted by Gasteiger charge is -2.36. The lowest BCUT2D eigenvalue weighted by Crippen LogP contribution is -2.45. The van der Waals surface area contributed by atoms with Crippen molar-refractivity contribution in [2.75, 3.05) is 129 Å². The highest BCUT2D eigenvalue weighted by Crippen LogP contribution is 2.43. The summed E-state index contributed by atoms with van der Waals surface area (Å²) in [5.41, 5.74) is 3.26. The summed E-state index contributed by atoms with van der Waals surface area (Å²) in [5.74, 6) is 7.77. The van der Waals surface area contributed by atoms with Crippen LogP contribution >= 0.6 is 69.7 Å². The second-order valence-corrected chi connectivity index (χ2v) is 42.2. The van der Waals surface area contributed by atoms with Gasteiger partial charge in [0.25, 0.3) is 0 Å². The molecule has 8 aromatic heterocycles. The Morgan fingerprint density at radius 3 is 1.16 bits per heavy atom. The summed E-state index contributed by atoms with van der Waals surface area (Å²) in [6.07, 6.45) is 12.6. The van der Waals surface area contributed by atoms with Crippen molar-refractivity contribution in [2.24, 2.45) is 17.3 Å². The minimum Gasteiger partial charge on any atom is -0.391 e. The SMILES string of the molecule is CCC(=O)Nc1ccc(Sc2nc(Nc3cc(C)[nH]n3)cc(N3CCC(C)(O)C3)n2)cc1.CCC(=O)Nc1ccc(Sc2nc(Nc3cc(C)[nH]n3)cc(N3CCC(O)(C(C)(C)C)C3)n2)cc1.Cc1cnc(Nc2cc(N3CCC[C@@H](N(C)C)C3)nc(Sc3ccc(NC(=O)C4CC4)cc3)n2)s1.Cc1cnc(Nc2cc(N3CC[C@H](O)C3)nc(Sc3ccc(NC(=O)C4CC4)cc3)n2)s1.[HH].[HH].[HH].[HH].[HH].[HH].[HH].[HH].[HH].[HH]. The number of aliphatic hydroxyl groups is 3. The maximum absolute atomic E-state index is 12.0. The molecule has 0 spiro atoms. The number of piperidine rings is 1. The van der Waals surface area contributed by atoms with Gasteiger partial charge in [-0.1, -0.05) is 34.6 Å². The fraction of sp³-hybridized carbons (Fsp3) is 0.404. The number of benzene rings is 4. The number of thiazole rings is 2. The number of H-pyrrole nitrogens is 2. The molecule has 6 aliphatic rings. The van der Waals surface area contributed by atoms with Crippen LogP contribution in [0.3, 0.4) is 0 Å². The minimum atomic E-state index is -0.795. The van der Waals surface area contributed by atoms with E-state index in [1.54, 1.807) is 22.7 Å². The molecule has 2 saturated carbocycles. The summed E-state index contributed by atoms with van der Waals surface area (Å²) >= 11 is 9.02. The number of nitrogens with zero attached hydrogens (tertiary/aromatic N) is 17. The first-order valence-corrected chi connectivity index (χ1v) is 49.8. The van der Waals surface area contributed by atoms with Gasteiger partial charge in [-0.2, -0.15) is 10.2 Å². The number of aromatic nitrogens is 14. The van der Waals surface area contributed by atoms with Crippen LogP contribution in [0.15, 0.2) is 186 Å². The van der Waals surface area contributed by atoms with Crippen molar-refractivity contribution < 1.29 is 48.8 Å². The van der Waals surface area contributed by atoms with Crippen LogP contribution in [-0.4, -0.2) is 204 Å². The van der Waals surface area contributed by atoms with Gasteiger partial charge in [0.05, 0.1) is 17.3 Å². The third-order valence-electron chi connectivity index (χ3n) is 23.0. The zero-order chi connectivity index (χ0) is 94.4. The monoisotopic (exact) mass is 1950 g/mol. The molecular weight excluding hydrogens is 1810 g/mol. The molecule has 2 unspecified atom stereocenters. The van der Waals surface area contributed by atoms with Crippen LogP contribution in [0.2, 0.25) is 0 Å². The van der Waals surface area contributed by atoms with E-state index in [-0.39, 0.29) is 61.2 Å². The molecule has 134 heavy (non-hydrogen) atoms. The van der Waals surface area contributed by atoms with E-state index < -0.39 is 11.2 Å². The number of nitrogens with one attached hydrogen (secondary N) is 10. The number of rotatable bonds is 29. The molecule has 2 aliphatic carbocycles. The number of aromatic amines is 2. The molecular formula is C94H135N27O7S6. The van der Waals surface area contributed by atoms with E-state index in [0.29, 0.717) is 108 Å². The molecule has 724 valence electrons. The van der Waals surface area contributed by atoms with Crippen LogP contribution in [0.4, 0.5) is 91.2 Å². The first-order chi connectivity index (χ1) is 64.3. The Labute approximate surface area is 819 Å². The highest BCUT2D eigenvalue weighted by atomic mass is 32.2. The molecule has 40 heteroatoms. The number of aliphatic hydroxyl groups excluding tert-OH is 1. The number of carbonyl (C=O) groups is 4. The number of hydrogen-bond acceptors (Lipinski definition) is 34. The Kier molecular flexibility index (Phi) is 31.7. The lowest BCUT2D eigenvalue weighted by atomic mass is 9.76. The summed E-state index contributed by atoms with van der Waals surface area (Å²) in [6.45, 7) is 25.3. The summed E-state index contributed by atoms with van der Waals surface area (Å²) in [6, 6.07) is 42.8. The standard InChI is InChI=1S/C25H33N7O2S.C25H31N7OS2.C22H27N7O2S.C22H24N6O2S2.10H2/c1-6-22(33)26-17-7-9-18(10-8-17)35-23-28-19(27-20-13-16(2)30-31-20)14-21(29-23)32-12-11-25(34,15-32)24(3,4)5;1-16-14-26-24(34-16)28-21-13-22(32-12-4-5-19(15-32)31(2)3)30-25(29-21)35-20-10-8-18(9-11-20)27-23(33)17-6-7-17;1-4-20(30)23-15-5-7-16(8-6-15)32-21-25-17(24-18-11-14(2)27-28-18)12-19(26-21)29-10-9-22(3,31)13-29;1-13-11-23-21(31-13)25-18-10-19(28-9-8-16(29)12-28)27-22(26-18)32-17-6-4-15(5-7-17)24-20(30)14-2-3-14;;;;;;;;;;/h7-10,13-14,34H,6,11-12,15H2,1-5H3,(H,26,33)(H2,27,28,29,30,31);8-11,13-14,17,19H,4-7,12,15H2,1-3H3,(H,27,33)(H,26,28,29,30);5-8,11-12,31H,4,9-10,13H2,1-3H3,(H,23,30)(H2,24,25,26,27,28);4-7,10-11,14,16,29H,2-3,8-9,12H2,1H3,(H,24,30)(H,23,25,26,27);10*1H/t;19-;;16-;;;;;;;;;;/m.1.0........../s1. The van der Waals surface area contributed by atoms with Crippen molar-refractivity contribution in [1.82, 2.24) is 75.1 Å². The van der Waals surface area contributed by atoms with Crippen molar-refractivity contribution in [2.45, 2.75) is 203 Å². The Bertz CT molecular complexity index is 6080. The Morgan fingerprint density at radius 1 is 0.470 bits per heavy atom. The van der Waals surface area contributed by atoms with Gasteiger partial charge in [0.1, 0.15) is 46.5 Å². The summed E-state index contributed by atoms with van der Waals surface area (Å²) in [7, 11) is 4.29. The highest BCUT2D eigenvalue weighted by Gasteiger charge is 2.46. The van der Waals surface area contributed by atoms with Gasteiger partial charge in [0.15, 0.2) is 42.5 Å². The number of aryl methyl sites for hydroxylation is 4. The Morgan fingerprint density at radius 2 is 0.843 bits per heavy atom. The van der Waals surface area contributed by atoms with Crippen molar-refractivity contribution in [1.29, 1.82) is 0 Å². The predicted octanol–water partition coefficient (Wildman–Crippen LogP) is 20.0. The lowest BCUT2D eigenvalue weighted by molar-refractivity contribution is -0.118. The summed E-state index contributed by atoms with van der Waals surface area (Å²) in [5, 5.41) is 74.7. The number of β-amino-alcohol motifs (C(OH)–C–C–N with tert-alkyl or cyclic N) is 3. The zero-order valence-corrected chi connectivity index (χ0v) is 82.0. The van der Waals surface area contributed by atoms with Gasteiger partial charge in [0.2, 0.25) is 23.6 Å². The molecule has 6 fully saturated rings. The molecule has 4 amide bonds. The summed E-state index contributed by atoms with van der Waals surface area (Å²) < 4.78 is 0. The molecule has 34 nitrogen and oxygen atoms in total. The molecule has 4 aromatic carbocycles. The van der Waals surface area contributed by atoms with Crippen LogP contribution in [-0.2, 0) is 19.2 Å².